The van der Waals surface area contributed by atoms with Crippen LogP contribution in [0, 0.1) is 0 Å². The largest absolute Gasteiger partial charge is 0.333 e. The average molecular weight is 297 g/mol. The van der Waals surface area contributed by atoms with Crippen molar-refractivity contribution >= 4 is 11.6 Å². The van der Waals surface area contributed by atoms with Gasteiger partial charge >= 0.3 is 0 Å². The molecule has 3 heteroatoms. The van der Waals surface area contributed by atoms with Crippen molar-refractivity contribution in [3.05, 3.63) is 65.7 Å². The molecule has 116 valence electrons. The van der Waals surface area contributed by atoms with E-state index in [1.165, 1.54) is 11.1 Å². The summed E-state index contributed by atoms with van der Waals surface area (Å²) in [5.74, 6) is 0.532. The summed E-state index contributed by atoms with van der Waals surface area (Å²) in [6, 6.07) is 18.6. The maximum absolute atomic E-state index is 12.0. The zero-order valence-corrected chi connectivity index (χ0v) is 13.5. The lowest BCUT2D eigenvalue weighted by molar-refractivity contribution is -0.682. The van der Waals surface area contributed by atoms with Gasteiger partial charge in [0.25, 0.3) is 5.91 Å². The van der Waals surface area contributed by atoms with Gasteiger partial charge in [-0.1, -0.05) is 56.3 Å². The number of nitrogens with two attached hydrogens (primary N) is 1. The van der Waals surface area contributed by atoms with E-state index in [1.807, 2.05) is 35.6 Å². The summed E-state index contributed by atoms with van der Waals surface area (Å²) in [5, 5.41) is 4.99. The van der Waals surface area contributed by atoms with Crippen LogP contribution in [0.1, 0.15) is 43.9 Å². The van der Waals surface area contributed by atoms with E-state index in [2.05, 4.69) is 50.4 Å². The Balaban J connectivity index is 1.83. The molecule has 3 N–H and O–H groups in total. The lowest BCUT2D eigenvalue weighted by Gasteiger charge is -2.11. The molecule has 0 fully saturated rings. The maximum Gasteiger partial charge on any atom is 0.279 e. The van der Waals surface area contributed by atoms with Crippen molar-refractivity contribution < 1.29 is 10.1 Å². The van der Waals surface area contributed by atoms with E-state index in [0.29, 0.717) is 12.5 Å². The Kier molecular flexibility index (Phi) is 5.73. The van der Waals surface area contributed by atoms with Crippen LogP contribution in [0.5, 0.6) is 0 Å². The Morgan fingerprint density at radius 2 is 1.59 bits per heavy atom. The molecule has 0 aliphatic rings. The molecule has 2 aromatic carbocycles. The van der Waals surface area contributed by atoms with Crippen LogP contribution in [-0.2, 0) is 4.79 Å². The van der Waals surface area contributed by atoms with Crippen LogP contribution in [-0.4, -0.2) is 12.5 Å². The molecule has 1 amide bonds. The van der Waals surface area contributed by atoms with Crippen LogP contribution in [0.15, 0.2) is 54.6 Å². The summed E-state index contributed by atoms with van der Waals surface area (Å²) in [6.45, 7) is 6.85. The molecule has 1 atom stereocenters. The minimum atomic E-state index is 0.0279. The smallest absolute Gasteiger partial charge is 0.279 e. The van der Waals surface area contributed by atoms with Crippen LogP contribution >= 0.6 is 0 Å². The molecule has 0 heterocycles. The fourth-order valence-electron chi connectivity index (χ4n) is 2.34. The molecule has 0 unspecified atom stereocenters. The number of carbonyl (C=O) groups is 1. The third kappa shape index (κ3) is 4.71. The zero-order valence-electron chi connectivity index (χ0n) is 13.5. The van der Waals surface area contributed by atoms with Gasteiger partial charge in [0.1, 0.15) is 6.04 Å². The molecule has 2 rings (SSSR count). The summed E-state index contributed by atoms with van der Waals surface area (Å²) in [7, 11) is 0. The normalized spacial score (nSPS) is 12.2. The number of benzene rings is 2. The first-order valence-corrected chi connectivity index (χ1v) is 7.84. The molecule has 3 nitrogen and oxygen atoms in total. The number of hydrogen-bond donors (Lipinski definition) is 2. The molecule has 2 aromatic rings. The summed E-state index contributed by atoms with van der Waals surface area (Å²) in [6.07, 6.45) is 0. The van der Waals surface area contributed by atoms with Gasteiger partial charge in [0.05, 0.1) is 0 Å². The number of anilines is 1. The quantitative estimate of drug-likeness (QED) is 0.845. The third-order valence-electron chi connectivity index (χ3n) is 3.84. The summed E-state index contributed by atoms with van der Waals surface area (Å²) < 4.78 is 0. The van der Waals surface area contributed by atoms with Gasteiger partial charge in [0.15, 0.2) is 6.54 Å². The molecule has 0 saturated heterocycles. The van der Waals surface area contributed by atoms with Gasteiger partial charge < -0.3 is 10.6 Å². The van der Waals surface area contributed by atoms with Crippen LogP contribution in [0.4, 0.5) is 5.69 Å². The molecule has 22 heavy (non-hydrogen) atoms. The van der Waals surface area contributed by atoms with Crippen LogP contribution < -0.4 is 10.6 Å². The Hall–Kier alpha value is -2.13. The first-order valence-electron chi connectivity index (χ1n) is 7.84. The first-order chi connectivity index (χ1) is 10.6. The van der Waals surface area contributed by atoms with E-state index in [4.69, 9.17) is 0 Å². The zero-order chi connectivity index (χ0) is 15.9. The predicted molar refractivity (Wildman–Crippen MR) is 90.8 cm³/mol. The van der Waals surface area contributed by atoms with Gasteiger partial charge in [0, 0.05) is 11.3 Å². The highest BCUT2D eigenvalue weighted by molar-refractivity contribution is 5.91. The van der Waals surface area contributed by atoms with Crippen molar-refractivity contribution in [2.45, 2.75) is 32.7 Å². The minimum Gasteiger partial charge on any atom is -0.333 e. The first kappa shape index (κ1) is 16.2. The highest BCUT2D eigenvalue weighted by Gasteiger charge is 2.11. The number of nitrogens with one attached hydrogen (secondary N) is 1. The number of hydrogen-bond acceptors (Lipinski definition) is 1. The summed E-state index contributed by atoms with van der Waals surface area (Å²) in [4.78, 5) is 12.0. The van der Waals surface area contributed by atoms with E-state index in [-0.39, 0.29) is 11.9 Å². The molecule has 0 aromatic heterocycles. The van der Waals surface area contributed by atoms with E-state index in [0.717, 1.165) is 5.69 Å². The Morgan fingerprint density at radius 1 is 0.955 bits per heavy atom. The molecule has 0 bridgehead atoms. The maximum atomic E-state index is 12.0. The van der Waals surface area contributed by atoms with Gasteiger partial charge in [-0.3, -0.25) is 4.79 Å². The number of amides is 1. The lowest BCUT2D eigenvalue weighted by Crippen LogP contribution is -2.86. The third-order valence-corrected chi connectivity index (χ3v) is 3.84. The summed E-state index contributed by atoms with van der Waals surface area (Å²) >= 11 is 0. The predicted octanol–water partition coefficient (Wildman–Crippen LogP) is 3.07. The fraction of sp³-hybridized carbons (Fsp3) is 0.316. The second-order valence-corrected chi connectivity index (χ2v) is 5.96. The number of carbonyl (C=O) groups excluding carboxylic acids is 1. The molecule has 0 aliphatic carbocycles. The van der Waals surface area contributed by atoms with Crippen molar-refractivity contribution in [3.8, 4) is 0 Å². The molecule has 0 saturated carbocycles. The van der Waals surface area contributed by atoms with E-state index >= 15 is 0 Å². The van der Waals surface area contributed by atoms with E-state index < -0.39 is 0 Å². The van der Waals surface area contributed by atoms with E-state index in [9.17, 15) is 4.79 Å². The highest BCUT2D eigenvalue weighted by atomic mass is 16.1. The standard InChI is InChI=1S/C19H24N2O/c1-14(2)16-9-11-18(12-10-16)21-19(22)13-20-15(3)17-7-5-4-6-8-17/h4-12,14-15,20H,13H2,1-3H3,(H,21,22)/p+1/t15-/m0/s1. The summed E-state index contributed by atoms with van der Waals surface area (Å²) in [5.41, 5.74) is 3.37. The molecular weight excluding hydrogens is 272 g/mol. The van der Waals surface area contributed by atoms with Crippen molar-refractivity contribution in [3.63, 3.8) is 0 Å². The van der Waals surface area contributed by atoms with Crippen molar-refractivity contribution in [2.75, 3.05) is 11.9 Å². The number of quaternary nitrogens is 1. The van der Waals surface area contributed by atoms with Crippen molar-refractivity contribution in [1.29, 1.82) is 0 Å². The van der Waals surface area contributed by atoms with Crippen LogP contribution in [0.2, 0.25) is 0 Å². The van der Waals surface area contributed by atoms with Gasteiger partial charge in [-0.15, -0.1) is 0 Å². The molecule has 0 spiro atoms. The fourth-order valence-corrected chi connectivity index (χ4v) is 2.34. The van der Waals surface area contributed by atoms with Crippen LogP contribution in [0.25, 0.3) is 0 Å². The Bertz CT molecular complexity index is 591. The van der Waals surface area contributed by atoms with Gasteiger partial charge in [-0.05, 0) is 30.5 Å². The molecule has 0 radical (unpaired) electrons. The second-order valence-electron chi connectivity index (χ2n) is 5.96. The van der Waals surface area contributed by atoms with Crippen LogP contribution in [0.3, 0.4) is 0 Å². The van der Waals surface area contributed by atoms with Gasteiger partial charge in [-0.2, -0.15) is 0 Å². The monoisotopic (exact) mass is 297 g/mol. The highest BCUT2D eigenvalue weighted by Crippen LogP contribution is 2.16. The Labute approximate surface area is 132 Å². The van der Waals surface area contributed by atoms with Crippen molar-refractivity contribution in [2.24, 2.45) is 0 Å². The SMILES string of the molecule is CC(C)c1ccc(NC(=O)C[NH2+][C@@H](C)c2ccccc2)cc1. The van der Waals surface area contributed by atoms with Gasteiger partial charge in [0.2, 0.25) is 0 Å². The molecular formula is C19H25N2O+. The van der Waals surface area contributed by atoms with E-state index in [1.54, 1.807) is 0 Å². The second kappa shape index (κ2) is 7.76. The van der Waals surface area contributed by atoms with Crippen molar-refractivity contribution in [1.82, 2.24) is 0 Å². The number of rotatable bonds is 6. The minimum absolute atomic E-state index is 0.0279. The topological polar surface area (TPSA) is 45.7 Å². The van der Waals surface area contributed by atoms with Gasteiger partial charge in [-0.25, -0.2) is 0 Å². The lowest BCUT2D eigenvalue weighted by atomic mass is 10.0. The molecule has 0 aliphatic heterocycles. The Morgan fingerprint density at radius 3 is 2.18 bits per heavy atom. The average Bonchev–Trinajstić information content (AvgIpc) is 2.54.